The summed E-state index contributed by atoms with van der Waals surface area (Å²) in [5.41, 5.74) is 0.579. The predicted molar refractivity (Wildman–Crippen MR) is 82.9 cm³/mol. The highest BCUT2D eigenvalue weighted by Crippen LogP contribution is 2.23. The smallest absolute Gasteiger partial charge is 0.348 e. The van der Waals surface area contributed by atoms with E-state index in [1.165, 1.54) is 42.0 Å². The number of ether oxygens (including phenoxy) is 1. The zero-order chi connectivity index (χ0) is 16.7. The number of fused-ring (bicyclic) bond motifs is 1. The highest BCUT2D eigenvalue weighted by molar-refractivity contribution is 7.71. The Labute approximate surface area is 133 Å². The summed E-state index contributed by atoms with van der Waals surface area (Å²) in [6.07, 6.45) is 2.41. The van der Waals surface area contributed by atoms with Crippen molar-refractivity contribution in [2.45, 2.75) is 6.92 Å². The van der Waals surface area contributed by atoms with Gasteiger partial charge in [-0.1, -0.05) is 0 Å². The molecule has 116 valence electrons. The number of benzene rings is 1. The average molecular weight is 331 g/mol. The van der Waals surface area contributed by atoms with Crippen LogP contribution in [-0.4, -0.2) is 26.2 Å². The molecule has 0 unspecified atom stereocenters. The van der Waals surface area contributed by atoms with Gasteiger partial charge in [0, 0.05) is 24.4 Å². The largest absolute Gasteiger partial charge is 0.427 e. The lowest BCUT2D eigenvalue weighted by Crippen LogP contribution is -2.19. The second kappa shape index (κ2) is 5.29. The van der Waals surface area contributed by atoms with Crippen LogP contribution in [0.15, 0.2) is 35.6 Å². The number of imidazole rings is 1. The van der Waals surface area contributed by atoms with Crippen molar-refractivity contribution in [3.05, 3.63) is 50.5 Å². The molecule has 0 amide bonds. The summed E-state index contributed by atoms with van der Waals surface area (Å²) < 4.78 is 6.43. The molecular formula is C14H9N3O5S. The van der Waals surface area contributed by atoms with Gasteiger partial charge >= 0.3 is 5.97 Å². The summed E-state index contributed by atoms with van der Waals surface area (Å²) in [7, 11) is 0. The van der Waals surface area contributed by atoms with Crippen LogP contribution in [0.25, 0.3) is 17.2 Å². The molecule has 0 saturated carbocycles. The highest BCUT2D eigenvalue weighted by atomic mass is 32.1. The summed E-state index contributed by atoms with van der Waals surface area (Å²) in [6.45, 7) is 1.49. The molecule has 0 radical (unpaired) electrons. The van der Waals surface area contributed by atoms with Crippen molar-refractivity contribution in [2.75, 3.05) is 0 Å². The van der Waals surface area contributed by atoms with Gasteiger partial charge in [0.15, 0.2) is 10.6 Å². The zero-order valence-electron chi connectivity index (χ0n) is 11.7. The Morgan fingerprint density at radius 3 is 2.78 bits per heavy atom. The van der Waals surface area contributed by atoms with Crippen molar-refractivity contribution in [3.63, 3.8) is 0 Å². The molecule has 0 atom stereocenters. The number of allylic oxidation sites excluding steroid dienone is 2. The first-order valence-electron chi connectivity index (χ1n) is 6.42. The third-order valence-electron chi connectivity index (χ3n) is 3.24. The van der Waals surface area contributed by atoms with Crippen molar-refractivity contribution in [2.24, 2.45) is 0 Å². The van der Waals surface area contributed by atoms with Crippen LogP contribution in [0, 0.1) is 14.9 Å². The maximum absolute atomic E-state index is 12.0. The van der Waals surface area contributed by atoms with Crippen LogP contribution < -0.4 is 0 Å². The molecule has 0 fully saturated rings. The number of aromatic nitrogens is 2. The first-order valence-corrected chi connectivity index (χ1v) is 6.83. The third-order valence-corrected chi connectivity index (χ3v) is 3.54. The maximum Gasteiger partial charge on any atom is 0.348 e. The number of hydrogen-bond acceptors (Lipinski definition) is 6. The van der Waals surface area contributed by atoms with Gasteiger partial charge in [-0.2, -0.15) is 0 Å². The molecule has 3 rings (SSSR count). The Hall–Kier alpha value is -3.07. The third kappa shape index (κ3) is 2.57. The second-order valence-electron chi connectivity index (χ2n) is 4.81. The van der Waals surface area contributed by atoms with Crippen molar-refractivity contribution >= 4 is 46.9 Å². The molecule has 2 heterocycles. The SMILES string of the molecule is CC1=CC(=O)/C(=C/n2c(=S)[nH]c3ccc([N+](=O)[O-])cc32)C(=O)O1. The topological polar surface area (TPSA) is 107 Å². The molecule has 0 saturated heterocycles. The first kappa shape index (κ1) is 14.9. The van der Waals surface area contributed by atoms with E-state index in [2.05, 4.69) is 4.98 Å². The molecule has 23 heavy (non-hydrogen) atoms. The highest BCUT2D eigenvalue weighted by Gasteiger charge is 2.25. The molecule has 2 aromatic rings. The fourth-order valence-electron chi connectivity index (χ4n) is 2.19. The first-order chi connectivity index (χ1) is 10.9. The molecule has 1 aliphatic heterocycles. The van der Waals surface area contributed by atoms with E-state index >= 15 is 0 Å². The van der Waals surface area contributed by atoms with E-state index in [0.29, 0.717) is 11.0 Å². The molecule has 1 aromatic heterocycles. The van der Waals surface area contributed by atoms with E-state index in [1.54, 1.807) is 0 Å². The predicted octanol–water partition coefficient (Wildman–Crippen LogP) is 2.48. The lowest BCUT2D eigenvalue weighted by Gasteiger charge is -2.11. The minimum Gasteiger partial charge on any atom is -0.427 e. The van der Waals surface area contributed by atoms with Gasteiger partial charge in [-0.15, -0.1) is 0 Å². The number of nitrogens with one attached hydrogen (secondary N) is 1. The van der Waals surface area contributed by atoms with E-state index in [4.69, 9.17) is 17.0 Å². The number of non-ortho nitro benzene ring substituents is 1. The van der Waals surface area contributed by atoms with Crippen molar-refractivity contribution < 1.29 is 19.2 Å². The molecule has 0 spiro atoms. The van der Waals surface area contributed by atoms with Crippen molar-refractivity contribution in [3.8, 4) is 0 Å². The number of nitrogens with zero attached hydrogens (tertiary/aromatic N) is 2. The van der Waals surface area contributed by atoms with Gasteiger partial charge in [0.1, 0.15) is 11.3 Å². The van der Waals surface area contributed by atoms with Gasteiger partial charge in [-0.25, -0.2) is 4.79 Å². The number of ketones is 1. The van der Waals surface area contributed by atoms with E-state index < -0.39 is 16.7 Å². The summed E-state index contributed by atoms with van der Waals surface area (Å²) >= 11 is 5.14. The van der Waals surface area contributed by atoms with Gasteiger partial charge in [0.2, 0.25) is 0 Å². The Morgan fingerprint density at radius 1 is 1.39 bits per heavy atom. The molecule has 1 aliphatic rings. The van der Waals surface area contributed by atoms with Crippen LogP contribution in [0.5, 0.6) is 0 Å². The molecule has 1 aromatic carbocycles. The lowest BCUT2D eigenvalue weighted by molar-refractivity contribution is -0.384. The monoisotopic (exact) mass is 331 g/mol. The van der Waals surface area contributed by atoms with Crippen LogP contribution in [0.4, 0.5) is 5.69 Å². The van der Waals surface area contributed by atoms with Crippen molar-refractivity contribution in [1.29, 1.82) is 0 Å². The lowest BCUT2D eigenvalue weighted by atomic mass is 10.1. The van der Waals surface area contributed by atoms with Crippen LogP contribution in [0.1, 0.15) is 6.92 Å². The number of hydrogen-bond donors (Lipinski definition) is 1. The van der Waals surface area contributed by atoms with E-state index in [0.717, 1.165) is 0 Å². The normalized spacial score (nSPS) is 16.6. The minimum absolute atomic E-state index is 0.132. The molecule has 8 nitrogen and oxygen atoms in total. The molecule has 0 bridgehead atoms. The summed E-state index contributed by atoms with van der Waals surface area (Å²) in [5.74, 6) is -1.10. The van der Waals surface area contributed by atoms with Crippen LogP contribution >= 0.6 is 12.2 Å². The Kier molecular flexibility index (Phi) is 3.41. The van der Waals surface area contributed by atoms with Gasteiger partial charge < -0.3 is 9.72 Å². The number of nitro groups is 1. The van der Waals surface area contributed by atoms with Crippen LogP contribution in [0.2, 0.25) is 0 Å². The van der Waals surface area contributed by atoms with E-state index in [-0.39, 0.29) is 21.8 Å². The standard InChI is InChI=1S/C14H9N3O5S/c1-7-4-12(18)9(13(19)22-7)6-16-11-5-8(17(20)21)2-3-10(11)15-14(16)23/h2-6H,1H3,(H,15,23)/b9-6-. The quantitative estimate of drug-likeness (QED) is 0.226. The number of nitro benzene ring substituents is 1. The number of H-pyrrole nitrogens is 1. The summed E-state index contributed by atoms with van der Waals surface area (Å²) in [4.78, 5) is 37.0. The molecule has 9 heteroatoms. The number of rotatable bonds is 2. The number of aromatic amines is 1. The van der Waals surface area contributed by atoms with Gasteiger partial charge in [0.25, 0.3) is 5.69 Å². The zero-order valence-corrected chi connectivity index (χ0v) is 12.5. The van der Waals surface area contributed by atoms with Gasteiger partial charge in [-0.05, 0) is 25.2 Å². The van der Waals surface area contributed by atoms with Crippen molar-refractivity contribution in [1.82, 2.24) is 9.55 Å². The molecular weight excluding hydrogens is 322 g/mol. The van der Waals surface area contributed by atoms with Gasteiger partial charge in [0.05, 0.1) is 16.0 Å². The number of cyclic esters (lactones) is 1. The fraction of sp³-hybridized carbons (Fsp3) is 0.0714. The number of esters is 1. The second-order valence-corrected chi connectivity index (χ2v) is 5.20. The maximum atomic E-state index is 12.0. The Balaban J connectivity index is 2.22. The van der Waals surface area contributed by atoms with Gasteiger partial charge in [-0.3, -0.25) is 19.5 Å². The molecule has 1 N–H and O–H groups in total. The van der Waals surface area contributed by atoms with E-state index in [1.807, 2.05) is 0 Å². The van der Waals surface area contributed by atoms with Crippen LogP contribution in [0.3, 0.4) is 0 Å². The Bertz CT molecular complexity index is 995. The summed E-state index contributed by atoms with van der Waals surface area (Å²) in [5, 5.41) is 10.9. The fourth-order valence-corrected chi connectivity index (χ4v) is 2.45. The minimum atomic E-state index is -0.795. The number of carbonyl (C=O) groups excluding carboxylic acids is 2. The van der Waals surface area contributed by atoms with E-state index in [9.17, 15) is 19.7 Å². The molecule has 0 aliphatic carbocycles. The summed E-state index contributed by atoms with van der Waals surface area (Å²) in [6, 6.07) is 4.14. The average Bonchev–Trinajstić information content (AvgIpc) is 2.77. The number of carbonyl (C=O) groups is 2. The van der Waals surface area contributed by atoms with Crippen LogP contribution in [-0.2, 0) is 14.3 Å². The Morgan fingerprint density at radius 2 is 2.13 bits per heavy atom.